The van der Waals surface area contributed by atoms with E-state index in [4.69, 9.17) is 10.2 Å². The number of ketones is 1. The molecule has 1 amide bonds. The smallest absolute Gasteiger partial charge is 0.286 e. The normalized spacial score (nSPS) is 16.1. The van der Waals surface area contributed by atoms with Crippen molar-refractivity contribution in [3.8, 4) is 11.3 Å². The van der Waals surface area contributed by atoms with E-state index in [0.717, 1.165) is 17.3 Å². The van der Waals surface area contributed by atoms with Gasteiger partial charge in [0.05, 0.1) is 4.91 Å². The van der Waals surface area contributed by atoms with E-state index in [2.05, 4.69) is 4.99 Å². The monoisotopic (exact) mass is 312 g/mol. The molecule has 0 saturated carbocycles. The Bertz CT molecular complexity index is 816. The number of carbonyl (C=O) groups excluding carboxylic acids is 2. The summed E-state index contributed by atoms with van der Waals surface area (Å²) in [6.07, 6.45) is 1.61. The van der Waals surface area contributed by atoms with E-state index in [1.54, 1.807) is 24.3 Å². The van der Waals surface area contributed by atoms with Gasteiger partial charge in [0.2, 0.25) is 0 Å². The van der Waals surface area contributed by atoms with Crippen LogP contribution in [0, 0.1) is 0 Å². The van der Waals surface area contributed by atoms with Crippen molar-refractivity contribution in [1.82, 2.24) is 0 Å². The zero-order valence-corrected chi connectivity index (χ0v) is 12.5. The Kier molecular flexibility index (Phi) is 3.68. The number of amidine groups is 1. The molecule has 1 aromatic heterocycles. The lowest BCUT2D eigenvalue weighted by molar-refractivity contribution is -0.113. The molecule has 0 atom stereocenters. The van der Waals surface area contributed by atoms with Crippen LogP contribution in [0.3, 0.4) is 0 Å². The number of Topliss-reactive ketones (excluding diaryl/α,β-unsaturated/α-hetero) is 1. The summed E-state index contributed by atoms with van der Waals surface area (Å²) < 4.78 is 5.70. The first-order chi connectivity index (χ1) is 10.5. The number of carbonyl (C=O) groups is 2. The molecule has 6 heteroatoms. The number of aliphatic imine (C=N–C) groups is 1. The fourth-order valence-corrected chi connectivity index (χ4v) is 2.67. The van der Waals surface area contributed by atoms with Crippen molar-refractivity contribution in [3.63, 3.8) is 0 Å². The number of hydrogen-bond acceptors (Lipinski definition) is 5. The highest BCUT2D eigenvalue weighted by atomic mass is 32.2. The summed E-state index contributed by atoms with van der Waals surface area (Å²) in [5.74, 6) is 0.870. The molecule has 110 valence electrons. The van der Waals surface area contributed by atoms with Crippen molar-refractivity contribution in [2.45, 2.75) is 6.92 Å². The van der Waals surface area contributed by atoms with Gasteiger partial charge in [-0.3, -0.25) is 9.59 Å². The molecule has 0 aliphatic carbocycles. The zero-order chi connectivity index (χ0) is 15.7. The van der Waals surface area contributed by atoms with Gasteiger partial charge in [-0.2, -0.15) is 4.99 Å². The topological polar surface area (TPSA) is 85.7 Å². The van der Waals surface area contributed by atoms with Crippen molar-refractivity contribution < 1.29 is 14.0 Å². The molecule has 0 bridgehead atoms. The molecule has 0 fully saturated rings. The van der Waals surface area contributed by atoms with Gasteiger partial charge in [-0.05, 0) is 30.8 Å². The van der Waals surface area contributed by atoms with Gasteiger partial charge in [0, 0.05) is 17.2 Å². The van der Waals surface area contributed by atoms with Gasteiger partial charge >= 0.3 is 0 Å². The van der Waals surface area contributed by atoms with Gasteiger partial charge in [0.15, 0.2) is 11.0 Å². The summed E-state index contributed by atoms with van der Waals surface area (Å²) in [5, 5.41) is 0.239. The molecule has 1 aromatic carbocycles. The quantitative estimate of drug-likeness (QED) is 0.695. The number of furan rings is 1. The summed E-state index contributed by atoms with van der Waals surface area (Å²) in [4.78, 5) is 26.9. The first kappa shape index (κ1) is 14.3. The van der Waals surface area contributed by atoms with Gasteiger partial charge in [0.25, 0.3) is 5.91 Å². The van der Waals surface area contributed by atoms with Crippen LogP contribution in [0.1, 0.15) is 23.0 Å². The maximum atomic E-state index is 11.5. The predicted octanol–water partition coefficient (Wildman–Crippen LogP) is 3.08. The maximum absolute atomic E-state index is 11.5. The van der Waals surface area contributed by atoms with Crippen LogP contribution in [0.25, 0.3) is 17.4 Å². The minimum atomic E-state index is -0.355. The van der Waals surface area contributed by atoms with E-state index in [-0.39, 0.29) is 16.9 Å². The zero-order valence-electron chi connectivity index (χ0n) is 11.7. The van der Waals surface area contributed by atoms with E-state index in [0.29, 0.717) is 22.0 Å². The number of hydrogen-bond donors (Lipinski definition) is 1. The highest BCUT2D eigenvalue weighted by molar-refractivity contribution is 8.18. The number of nitrogens with zero attached hydrogens (tertiary/aromatic N) is 1. The summed E-state index contributed by atoms with van der Waals surface area (Å²) in [7, 11) is 0. The van der Waals surface area contributed by atoms with Crippen LogP contribution in [0.2, 0.25) is 0 Å². The third kappa shape index (κ3) is 2.87. The molecular formula is C16H12N2O3S. The predicted molar refractivity (Wildman–Crippen MR) is 86.3 cm³/mol. The van der Waals surface area contributed by atoms with E-state index in [1.807, 2.05) is 18.2 Å². The molecule has 2 aromatic rings. The molecule has 0 unspecified atom stereocenters. The van der Waals surface area contributed by atoms with Crippen molar-refractivity contribution >= 4 is 34.7 Å². The number of rotatable bonds is 3. The van der Waals surface area contributed by atoms with Gasteiger partial charge < -0.3 is 10.2 Å². The highest BCUT2D eigenvalue weighted by Crippen LogP contribution is 2.29. The molecule has 0 spiro atoms. The fraction of sp³-hybridized carbons (Fsp3) is 0.0625. The van der Waals surface area contributed by atoms with Crippen LogP contribution in [0.15, 0.2) is 50.7 Å². The van der Waals surface area contributed by atoms with Crippen LogP contribution in [0.5, 0.6) is 0 Å². The van der Waals surface area contributed by atoms with Crippen LogP contribution >= 0.6 is 11.8 Å². The Morgan fingerprint density at radius 2 is 1.95 bits per heavy atom. The third-order valence-electron chi connectivity index (χ3n) is 3.11. The Balaban J connectivity index is 1.84. The molecule has 1 aliphatic heterocycles. The van der Waals surface area contributed by atoms with E-state index in [1.165, 1.54) is 6.92 Å². The number of benzene rings is 1. The summed E-state index contributed by atoms with van der Waals surface area (Å²) in [6.45, 7) is 1.52. The van der Waals surface area contributed by atoms with Gasteiger partial charge in [-0.15, -0.1) is 0 Å². The molecule has 0 radical (unpaired) electrons. The van der Waals surface area contributed by atoms with Crippen LogP contribution in [-0.2, 0) is 4.79 Å². The van der Waals surface area contributed by atoms with Crippen molar-refractivity contribution in [1.29, 1.82) is 0 Å². The Morgan fingerprint density at radius 3 is 2.55 bits per heavy atom. The molecule has 1 aliphatic rings. The molecule has 22 heavy (non-hydrogen) atoms. The lowest BCUT2D eigenvalue weighted by Crippen LogP contribution is -2.01. The van der Waals surface area contributed by atoms with Crippen LogP contribution in [-0.4, -0.2) is 16.9 Å². The van der Waals surface area contributed by atoms with Crippen molar-refractivity contribution in [2.24, 2.45) is 10.7 Å². The molecule has 5 nitrogen and oxygen atoms in total. The molecular weight excluding hydrogens is 300 g/mol. The average Bonchev–Trinajstić information content (AvgIpc) is 3.06. The standard InChI is InChI=1S/C16H12N2O3S/c1-9(19)10-2-4-11(5-3-10)13-7-6-12(21-13)8-14-15(20)18-16(17)22-14/h2-8H,1H3,(H2,17,18,20)/b14-8+. The molecule has 3 rings (SSSR count). The lowest BCUT2D eigenvalue weighted by Gasteiger charge is -1.99. The molecule has 2 N–H and O–H groups in total. The Hall–Kier alpha value is -2.60. The van der Waals surface area contributed by atoms with E-state index < -0.39 is 0 Å². The second-order valence-corrected chi connectivity index (χ2v) is 5.76. The Labute approximate surface area is 130 Å². The number of thioether (sulfide) groups is 1. The fourth-order valence-electron chi connectivity index (χ4n) is 2.01. The van der Waals surface area contributed by atoms with E-state index in [9.17, 15) is 9.59 Å². The molecule has 2 heterocycles. The van der Waals surface area contributed by atoms with E-state index >= 15 is 0 Å². The Morgan fingerprint density at radius 1 is 1.23 bits per heavy atom. The van der Waals surface area contributed by atoms with Crippen LogP contribution < -0.4 is 5.73 Å². The summed E-state index contributed by atoms with van der Waals surface area (Å²) >= 11 is 1.12. The van der Waals surface area contributed by atoms with Gasteiger partial charge in [-0.1, -0.05) is 24.3 Å². The SMILES string of the molecule is CC(=O)c1ccc(-c2ccc(/C=C3/SC(N)=NC3=O)o2)cc1. The van der Waals surface area contributed by atoms with Gasteiger partial charge in [-0.25, -0.2) is 0 Å². The largest absolute Gasteiger partial charge is 0.457 e. The summed E-state index contributed by atoms with van der Waals surface area (Å²) in [6, 6.07) is 10.7. The first-order valence-corrected chi connectivity index (χ1v) is 7.34. The summed E-state index contributed by atoms with van der Waals surface area (Å²) in [5.41, 5.74) is 7.01. The van der Waals surface area contributed by atoms with Gasteiger partial charge in [0.1, 0.15) is 11.5 Å². The van der Waals surface area contributed by atoms with Crippen molar-refractivity contribution in [3.05, 3.63) is 52.6 Å². The average molecular weight is 312 g/mol. The second-order valence-electron chi connectivity index (χ2n) is 4.70. The molecule has 0 saturated heterocycles. The third-order valence-corrected chi connectivity index (χ3v) is 3.93. The van der Waals surface area contributed by atoms with Crippen LogP contribution in [0.4, 0.5) is 0 Å². The van der Waals surface area contributed by atoms with Crippen molar-refractivity contribution in [2.75, 3.05) is 0 Å². The number of nitrogens with two attached hydrogens (primary N) is 1. The minimum Gasteiger partial charge on any atom is -0.457 e. The highest BCUT2D eigenvalue weighted by Gasteiger charge is 2.20. The second kappa shape index (κ2) is 5.65. The minimum absolute atomic E-state index is 0.0192. The lowest BCUT2D eigenvalue weighted by atomic mass is 10.1. The first-order valence-electron chi connectivity index (χ1n) is 6.52. The maximum Gasteiger partial charge on any atom is 0.286 e. The number of amides is 1.